The number of halogens is 2. The molecular weight excluding hydrogens is 614 g/mol. The summed E-state index contributed by atoms with van der Waals surface area (Å²) in [5.41, 5.74) is 0.176. The first-order chi connectivity index (χ1) is 23.4. The van der Waals surface area contributed by atoms with Gasteiger partial charge in [0.15, 0.2) is 5.82 Å². The van der Waals surface area contributed by atoms with Gasteiger partial charge in [0.2, 0.25) is 0 Å². The van der Waals surface area contributed by atoms with Gasteiger partial charge in [-0.3, -0.25) is 9.88 Å². The van der Waals surface area contributed by atoms with Gasteiger partial charge in [-0.2, -0.15) is 9.97 Å². The number of fused-ring (bicyclic) bond motifs is 5. The summed E-state index contributed by atoms with van der Waals surface area (Å²) in [5, 5.41) is 15.2. The van der Waals surface area contributed by atoms with E-state index in [9.17, 15) is 5.11 Å². The second-order valence-electron chi connectivity index (χ2n) is 12.5. The molecule has 0 saturated carbocycles. The van der Waals surface area contributed by atoms with E-state index in [1.165, 1.54) is 18.2 Å². The fraction of sp³-hybridized carbons (Fsp3) is 0.541. The van der Waals surface area contributed by atoms with Crippen molar-refractivity contribution in [1.82, 2.24) is 25.2 Å². The van der Waals surface area contributed by atoms with Crippen LogP contribution in [0.2, 0.25) is 0 Å². The zero-order valence-corrected chi connectivity index (χ0v) is 29.2. The number of nitrogens with one attached hydrogen (secondary N) is 1. The standard InChI is InChI=1S/C31H32F2N6O2.C2H6O.2C2H6/c32-24-5-1-4-18-12-21(40)13-22(25(18)24)27-26(33)28-23(14-34-27)29(38-15-19-6-7-20(16-38)35-19)37-30(36-28)41-17-31-8-2-10-39(31)11-3-9-31;1-3-2;2*1-2/h1,4-5,12-14,19-20,35,40H,2-3,6-11,15-17H2;1-2H3;2*1-2H3. The highest BCUT2D eigenvalue weighted by molar-refractivity contribution is 6.00. The van der Waals surface area contributed by atoms with Crippen LogP contribution >= 0.6 is 0 Å². The normalized spacial score (nSPS) is 20.7. The molecule has 2 aromatic carbocycles. The zero-order chi connectivity index (χ0) is 34.4. The Hall–Kier alpha value is -3.67. The number of benzene rings is 2. The van der Waals surface area contributed by atoms with Crippen LogP contribution in [0.25, 0.3) is 32.9 Å². The van der Waals surface area contributed by atoms with E-state index in [-0.39, 0.29) is 39.5 Å². The molecule has 2 aromatic heterocycles. The van der Waals surface area contributed by atoms with Crippen molar-refractivity contribution in [2.75, 3.05) is 51.9 Å². The minimum Gasteiger partial charge on any atom is -0.508 e. The third-order valence-corrected chi connectivity index (χ3v) is 9.61. The first-order valence-electron chi connectivity index (χ1n) is 17.5. The summed E-state index contributed by atoms with van der Waals surface area (Å²) in [5.74, 6) is -0.689. The Labute approximate surface area is 282 Å². The van der Waals surface area contributed by atoms with Crippen molar-refractivity contribution in [3.8, 4) is 23.0 Å². The van der Waals surface area contributed by atoms with Crippen molar-refractivity contribution in [1.29, 1.82) is 0 Å². The molecule has 2 atom stereocenters. The smallest absolute Gasteiger partial charge is 0.319 e. The van der Waals surface area contributed by atoms with Crippen LogP contribution in [0.5, 0.6) is 11.8 Å². The molecule has 0 aliphatic carbocycles. The maximum Gasteiger partial charge on any atom is 0.319 e. The molecule has 4 aliphatic rings. The van der Waals surface area contributed by atoms with E-state index < -0.39 is 11.6 Å². The fourth-order valence-corrected chi connectivity index (χ4v) is 7.70. The Morgan fingerprint density at radius 1 is 0.979 bits per heavy atom. The van der Waals surface area contributed by atoms with Gasteiger partial charge >= 0.3 is 6.01 Å². The molecule has 4 saturated heterocycles. The topological polar surface area (TPSA) is 95.9 Å². The minimum absolute atomic E-state index is 0.00735. The van der Waals surface area contributed by atoms with Gasteiger partial charge in [0.25, 0.3) is 0 Å². The van der Waals surface area contributed by atoms with Gasteiger partial charge in [0.05, 0.1) is 10.9 Å². The van der Waals surface area contributed by atoms with Crippen LogP contribution in [0, 0.1) is 11.6 Å². The number of phenolic OH excluding ortho intramolecular Hbond substituents is 1. The van der Waals surface area contributed by atoms with Crippen LogP contribution < -0.4 is 15.0 Å². The van der Waals surface area contributed by atoms with Crippen molar-refractivity contribution < 1.29 is 23.4 Å². The molecule has 2 N–H and O–H groups in total. The van der Waals surface area contributed by atoms with Crippen LogP contribution in [-0.2, 0) is 4.74 Å². The van der Waals surface area contributed by atoms with Gasteiger partial charge in [-0.25, -0.2) is 8.78 Å². The Balaban J connectivity index is 0.000000602. The lowest BCUT2D eigenvalue weighted by molar-refractivity contribution is 0.108. The van der Waals surface area contributed by atoms with Crippen LogP contribution in [0.15, 0.2) is 36.5 Å². The lowest BCUT2D eigenvalue weighted by atomic mass is 9.95. The summed E-state index contributed by atoms with van der Waals surface area (Å²) in [7, 11) is 3.25. The molecule has 0 amide bonds. The van der Waals surface area contributed by atoms with Gasteiger partial charge in [0, 0.05) is 56.5 Å². The second kappa shape index (κ2) is 15.7. The van der Waals surface area contributed by atoms with Crippen LogP contribution in [0.4, 0.5) is 14.6 Å². The average Bonchev–Trinajstić information content (AvgIpc) is 3.79. The third kappa shape index (κ3) is 6.91. The van der Waals surface area contributed by atoms with Gasteiger partial charge in [-0.1, -0.05) is 39.8 Å². The van der Waals surface area contributed by atoms with Crippen LogP contribution in [0.1, 0.15) is 66.2 Å². The molecule has 9 nitrogen and oxygen atoms in total. The number of phenols is 1. The minimum atomic E-state index is -0.689. The second-order valence-corrected chi connectivity index (χ2v) is 12.5. The molecular formula is C37H50F2N6O3. The molecule has 2 bridgehead atoms. The number of hydrogen-bond donors (Lipinski definition) is 2. The molecule has 0 radical (unpaired) electrons. The maximum atomic E-state index is 16.5. The Morgan fingerprint density at radius 2 is 1.65 bits per heavy atom. The summed E-state index contributed by atoms with van der Waals surface area (Å²) in [6.45, 7) is 12.1. The first kappa shape index (κ1) is 35.6. The number of rotatable bonds is 5. The molecule has 4 fully saturated rings. The highest BCUT2D eigenvalue weighted by Gasteiger charge is 2.45. The number of pyridine rings is 1. The predicted octanol–water partition coefficient (Wildman–Crippen LogP) is 7.09. The molecule has 4 aromatic rings. The van der Waals surface area contributed by atoms with Crippen molar-refractivity contribution in [3.63, 3.8) is 0 Å². The largest absolute Gasteiger partial charge is 0.508 e. The number of nitrogens with zero attached hydrogens (tertiary/aromatic N) is 5. The highest BCUT2D eigenvalue weighted by atomic mass is 19.1. The number of hydrogen-bond acceptors (Lipinski definition) is 9. The molecule has 48 heavy (non-hydrogen) atoms. The monoisotopic (exact) mass is 664 g/mol. The lowest BCUT2D eigenvalue weighted by Gasteiger charge is -2.34. The summed E-state index contributed by atoms with van der Waals surface area (Å²) < 4.78 is 42.1. The van der Waals surface area contributed by atoms with E-state index in [0.717, 1.165) is 64.7 Å². The quantitative estimate of drug-likeness (QED) is 0.232. The van der Waals surface area contributed by atoms with Crippen molar-refractivity contribution in [2.45, 2.75) is 83.8 Å². The summed E-state index contributed by atoms with van der Waals surface area (Å²) in [6.07, 6.45) is 8.21. The van der Waals surface area contributed by atoms with E-state index in [1.54, 1.807) is 32.5 Å². The molecule has 8 rings (SSSR count). The van der Waals surface area contributed by atoms with E-state index in [2.05, 4.69) is 29.8 Å². The zero-order valence-electron chi connectivity index (χ0n) is 29.2. The van der Waals surface area contributed by atoms with Crippen molar-refractivity contribution in [2.24, 2.45) is 0 Å². The molecule has 11 heteroatoms. The van der Waals surface area contributed by atoms with Crippen LogP contribution in [0.3, 0.4) is 0 Å². The fourth-order valence-electron chi connectivity index (χ4n) is 7.70. The third-order valence-electron chi connectivity index (χ3n) is 9.61. The van der Waals surface area contributed by atoms with Gasteiger partial charge in [0.1, 0.15) is 35.2 Å². The number of aromatic hydroxyl groups is 1. The predicted molar refractivity (Wildman–Crippen MR) is 188 cm³/mol. The number of piperazine rings is 1. The van der Waals surface area contributed by atoms with Crippen molar-refractivity contribution >= 4 is 27.5 Å². The summed E-state index contributed by atoms with van der Waals surface area (Å²) >= 11 is 0. The van der Waals surface area contributed by atoms with E-state index in [0.29, 0.717) is 35.3 Å². The van der Waals surface area contributed by atoms with E-state index in [4.69, 9.17) is 9.72 Å². The lowest BCUT2D eigenvalue weighted by Crippen LogP contribution is -2.51. The molecule has 260 valence electrons. The Bertz CT molecular complexity index is 1680. The number of anilines is 1. The SMILES string of the molecule is CC.CC.COC.Oc1cc(-c2ncc3c(N4CC5CCC(C4)N5)nc(OCC45CCCN4CCC5)nc3c2F)c2c(F)cccc2c1. The number of aromatic nitrogens is 3. The average molecular weight is 665 g/mol. The Kier molecular flexibility index (Phi) is 11.7. The maximum absolute atomic E-state index is 16.5. The highest BCUT2D eigenvalue weighted by Crippen LogP contribution is 2.41. The molecule has 2 unspecified atom stereocenters. The number of ether oxygens (including phenoxy) is 2. The molecule has 0 spiro atoms. The Morgan fingerprint density at radius 3 is 2.31 bits per heavy atom. The summed E-state index contributed by atoms with van der Waals surface area (Å²) in [4.78, 5) is 18.6. The van der Waals surface area contributed by atoms with Gasteiger partial charge in [-0.05, 0) is 75.2 Å². The van der Waals surface area contributed by atoms with E-state index >= 15 is 8.78 Å². The molecule has 4 aliphatic heterocycles. The number of methoxy groups -OCH3 is 1. The van der Waals surface area contributed by atoms with Crippen molar-refractivity contribution in [3.05, 3.63) is 48.2 Å². The summed E-state index contributed by atoms with van der Waals surface area (Å²) in [6, 6.07) is 8.23. The van der Waals surface area contributed by atoms with Crippen LogP contribution in [-0.4, -0.2) is 89.6 Å². The van der Waals surface area contributed by atoms with Gasteiger partial charge < -0.3 is 24.8 Å². The molecule has 6 heterocycles. The van der Waals surface area contributed by atoms with E-state index in [1.807, 2.05) is 27.7 Å². The van der Waals surface area contributed by atoms with Gasteiger partial charge in [-0.15, -0.1) is 0 Å². The first-order valence-corrected chi connectivity index (χ1v) is 17.5.